The summed E-state index contributed by atoms with van der Waals surface area (Å²) in [7, 11) is 0. The predicted octanol–water partition coefficient (Wildman–Crippen LogP) is 2.34. The number of carbonyl (C=O) groups excluding carboxylic acids is 1. The molecule has 0 atom stereocenters. The molecule has 3 rings (SSSR count). The third-order valence-corrected chi connectivity index (χ3v) is 3.75. The molecule has 0 fully saturated rings. The van der Waals surface area contributed by atoms with Gasteiger partial charge in [0.15, 0.2) is 5.76 Å². The highest BCUT2D eigenvalue weighted by atomic mass is 32.2. The van der Waals surface area contributed by atoms with E-state index >= 15 is 0 Å². The average molecular weight is 313 g/mol. The number of hydrogen-bond acceptors (Lipinski definition) is 6. The van der Waals surface area contributed by atoms with Gasteiger partial charge < -0.3 is 5.11 Å². The molecule has 8 heteroatoms. The molecule has 1 aromatic carbocycles. The Morgan fingerprint density at radius 2 is 2.05 bits per heavy atom. The van der Waals surface area contributed by atoms with Gasteiger partial charge in [-0.05, 0) is 41.4 Å². The Morgan fingerprint density at radius 1 is 1.23 bits per heavy atom. The summed E-state index contributed by atoms with van der Waals surface area (Å²) in [5.74, 6) is -0.714. The van der Waals surface area contributed by atoms with Crippen LogP contribution in [0.25, 0.3) is 5.76 Å². The maximum absolute atomic E-state index is 12.3. The topological polar surface area (TPSA) is 96.7 Å². The van der Waals surface area contributed by atoms with Gasteiger partial charge in [-0.1, -0.05) is 18.2 Å². The first-order valence-corrected chi connectivity index (χ1v) is 7.11. The van der Waals surface area contributed by atoms with Crippen LogP contribution in [0, 0.1) is 0 Å². The fourth-order valence-corrected chi connectivity index (χ4v) is 2.65. The molecule has 0 saturated heterocycles. The van der Waals surface area contributed by atoms with E-state index in [1.54, 1.807) is 22.3 Å². The van der Waals surface area contributed by atoms with Crippen LogP contribution in [0.2, 0.25) is 0 Å². The Labute approximate surface area is 129 Å². The minimum Gasteiger partial charge on any atom is -0.504 e. The zero-order chi connectivity index (χ0) is 15.4. The third kappa shape index (κ3) is 3.07. The second kappa shape index (κ2) is 6.27. The SMILES string of the molecule is O=C(C=C(O)c1nn[nH]n1)c1cccn1Sc1ccccc1. The standard InChI is InChI=1S/C14H11N5O2S/c20-12(9-13(21)14-15-17-18-16-14)11-7-4-8-19(11)22-10-5-2-1-3-6-10/h1-9,21H,(H,15,16,17,18). The van der Waals surface area contributed by atoms with Crippen LogP contribution in [0.5, 0.6) is 0 Å². The molecule has 3 aromatic rings. The van der Waals surface area contributed by atoms with Crippen molar-refractivity contribution in [2.75, 3.05) is 0 Å². The van der Waals surface area contributed by atoms with Crippen LogP contribution in [0.1, 0.15) is 16.3 Å². The number of ketones is 1. The quantitative estimate of drug-likeness (QED) is 0.426. The maximum Gasteiger partial charge on any atom is 0.239 e. The zero-order valence-corrected chi connectivity index (χ0v) is 12.1. The van der Waals surface area contributed by atoms with Gasteiger partial charge in [-0.2, -0.15) is 5.21 Å². The molecule has 0 aliphatic rings. The molecule has 22 heavy (non-hydrogen) atoms. The van der Waals surface area contributed by atoms with Crippen molar-refractivity contribution < 1.29 is 9.90 Å². The number of aliphatic hydroxyl groups excluding tert-OH is 1. The molecule has 7 nitrogen and oxygen atoms in total. The maximum atomic E-state index is 12.3. The Morgan fingerprint density at radius 3 is 2.77 bits per heavy atom. The summed E-state index contributed by atoms with van der Waals surface area (Å²) in [5, 5.41) is 22.6. The molecule has 0 unspecified atom stereocenters. The van der Waals surface area contributed by atoms with Gasteiger partial charge >= 0.3 is 0 Å². The van der Waals surface area contributed by atoms with Crippen LogP contribution in [-0.4, -0.2) is 35.5 Å². The van der Waals surface area contributed by atoms with Crippen LogP contribution in [-0.2, 0) is 0 Å². The number of benzene rings is 1. The van der Waals surface area contributed by atoms with E-state index in [4.69, 9.17) is 0 Å². The highest BCUT2D eigenvalue weighted by Crippen LogP contribution is 2.23. The van der Waals surface area contributed by atoms with Crippen LogP contribution in [0.15, 0.2) is 59.6 Å². The Hall–Kier alpha value is -2.87. The van der Waals surface area contributed by atoms with Crippen molar-refractivity contribution in [2.45, 2.75) is 4.90 Å². The van der Waals surface area contributed by atoms with Gasteiger partial charge in [0.1, 0.15) is 0 Å². The molecular formula is C14H11N5O2S. The van der Waals surface area contributed by atoms with Crippen molar-refractivity contribution in [1.82, 2.24) is 24.6 Å². The lowest BCUT2D eigenvalue weighted by molar-refractivity contribution is 0.104. The van der Waals surface area contributed by atoms with Gasteiger partial charge in [-0.25, -0.2) is 0 Å². The predicted molar refractivity (Wildman–Crippen MR) is 81.2 cm³/mol. The Bertz CT molecular complexity index is 796. The molecule has 110 valence electrons. The van der Waals surface area contributed by atoms with Gasteiger partial charge in [0, 0.05) is 17.2 Å². The van der Waals surface area contributed by atoms with Crippen molar-refractivity contribution in [3.05, 3.63) is 66.3 Å². The summed E-state index contributed by atoms with van der Waals surface area (Å²) in [6, 6.07) is 13.1. The number of H-pyrrole nitrogens is 1. The van der Waals surface area contributed by atoms with E-state index in [2.05, 4.69) is 20.6 Å². The zero-order valence-electron chi connectivity index (χ0n) is 11.2. The minimum absolute atomic E-state index is 0.0258. The Kier molecular flexibility index (Phi) is 4.01. The van der Waals surface area contributed by atoms with Gasteiger partial charge in [0.25, 0.3) is 0 Å². The van der Waals surface area contributed by atoms with Gasteiger partial charge in [0.05, 0.1) is 5.69 Å². The second-order valence-electron chi connectivity index (χ2n) is 4.25. The van der Waals surface area contributed by atoms with Crippen molar-refractivity contribution >= 4 is 23.5 Å². The minimum atomic E-state index is -0.351. The number of aliphatic hydroxyl groups is 1. The van der Waals surface area contributed by atoms with Crippen molar-refractivity contribution in [2.24, 2.45) is 0 Å². The highest BCUT2D eigenvalue weighted by molar-refractivity contribution is 7.97. The number of rotatable bonds is 5. The summed E-state index contributed by atoms with van der Waals surface area (Å²) >= 11 is 1.41. The van der Waals surface area contributed by atoms with Gasteiger partial charge in [0.2, 0.25) is 11.6 Å². The van der Waals surface area contributed by atoms with E-state index < -0.39 is 0 Å². The summed E-state index contributed by atoms with van der Waals surface area (Å²) in [6.07, 6.45) is 2.85. The fraction of sp³-hybridized carbons (Fsp3) is 0. The molecule has 2 heterocycles. The van der Waals surface area contributed by atoms with Crippen LogP contribution < -0.4 is 0 Å². The van der Waals surface area contributed by atoms with Gasteiger partial charge in [-0.15, -0.1) is 10.2 Å². The molecule has 0 bridgehead atoms. The molecule has 0 saturated carbocycles. The van der Waals surface area contributed by atoms with E-state index in [9.17, 15) is 9.90 Å². The molecule has 0 amide bonds. The first-order chi connectivity index (χ1) is 10.7. The molecule has 0 aliphatic heterocycles. The van der Waals surface area contributed by atoms with E-state index in [0.29, 0.717) is 5.69 Å². The molecule has 2 N–H and O–H groups in total. The lowest BCUT2D eigenvalue weighted by atomic mass is 10.2. The lowest BCUT2D eigenvalue weighted by Gasteiger charge is -2.05. The van der Waals surface area contributed by atoms with Crippen LogP contribution in [0.4, 0.5) is 0 Å². The normalized spacial score (nSPS) is 11.5. The van der Waals surface area contributed by atoms with Crippen molar-refractivity contribution in [3.8, 4) is 0 Å². The second-order valence-corrected chi connectivity index (χ2v) is 5.30. The number of aromatic nitrogens is 5. The molecule has 2 aromatic heterocycles. The average Bonchev–Trinajstić information content (AvgIpc) is 3.19. The molecule has 0 radical (unpaired) electrons. The monoisotopic (exact) mass is 313 g/mol. The first kappa shape index (κ1) is 14.1. The first-order valence-electron chi connectivity index (χ1n) is 6.33. The summed E-state index contributed by atoms with van der Waals surface area (Å²) in [5.41, 5.74) is 0.434. The number of aromatic amines is 1. The molecule has 0 spiro atoms. The molecule has 0 aliphatic carbocycles. The van der Waals surface area contributed by atoms with Crippen LogP contribution >= 0.6 is 11.9 Å². The van der Waals surface area contributed by atoms with Crippen molar-refractivity contribution in [1.29, 1.82) is 0 Å². The van der Waals surface area contributed by atoms with E-state index in [1.807, 2.05) is 30.3 Å². The number of tetrazole rings is 1. The van der Waals surface area contributed by atoms with Crippen molar-refractivity contribution in [3.63, 3.8) is 0 Å². The van der Waals surface area contributed by atoms with Gasteiger partial charge in [-0.3, -0.25) is 8.77 Å². The third-order valence-electron chi connectivity index (χ3n) is 2.75. The van der Waals surface area contributed by atoms with E-state index in [1.165, 1.54) is 11.9 Å². The fourth-order valence-electron chi connectivity index (χ4n) is 1.76. The number of hydrogen-bond donors (Lipinski definition) is 2. The number of nitrogens with one attached hydrogen (secondary N) is 1. The smallest absolute Gasteiger partial charge is 0.239 e. The number of allylic oxidation sites excluding steroid dienone is 1. The van der Waals surface area contributed by atoms with Crippen LogP contribution in [0.3, 0.4) is 0 Å². The van der Waals surface area contributed by atoms with E-state index in [-0.39, 0.29) is 17.4 Å². The number of carbonyl (C=O) groups is 1. The van der Waals surface area contributed by atoms with E-state index in [0.717, 1.165) is 11.0 Å². The summed E-state index contributed by atoms with van der Waals surface area (Å²) < 4.78 is 1.73. The lowest BCUT2D eigenvalue weighted by Crippen LogP contribution is -2.02. The molecular weight excluding hydrogens is 302 g/mol. The largest absolute Gasteiger partial charge is 0.504 e. The highest BCUT2D eigenvalue weighted by Gasteiger charge is 2.13. The summed E-state index contributed by atoms with van der Waals surface area (Å²) in [6.45, 7) is 0. The summed E-state index contributed by atoms with van der Waals surface area (Å²) in [4.78, 5) is 13.3. The Balaban J connectivity index is 1.82. The number of nitrogens with zero attached hydrogens (tertiary/aromatic N) is 4.